The molecule has 0 saturated carbocycles. The van der Waals surface area contributed by atoms with E-state index in [1.165, 1.54) is 9.08 Å². The third kappa shape index (κ3) is 2.45. The molecule has 0 atom stereocenters. The Bertz CT molecular complexity index is 1160. The predicted molar refractivity (Wildman–Crippen MR) is 95.4 cm³/mol. The van der Waals surface area contributed by atoms with E-state index in [9.17, 15) is 9.90 Å². The molecule has 7 heteroatoms. The third-order valence-electron chi connectivity index (χ3n) is 4.35. The smallest absolute Gasteiger partial charge is 0.351 e. The van der Waals surface area contributed by atoms with E-state index in [0.717, 1.165) is 11.1 Å². The van der Waals surface area contributed by atoms with Crippen LogP contribution in [0, 0.1) is 6.92 Å². The van der Waals surface area contributed by atoms with Gasteiger partial charge in [-0.15, -0.1) is 5.10 Å². The fraction of sp³-hybridized carbons (Fsp3) is 0.167. The largest absolute Gasteiger partial charge is 0.392 e. The number of nitrogens with zero attached hydrogens (tertiary/aromatic N) is 4. The first-order valence-corrected chi connectivity index (χ1v) is 7.91. The summed E-state index contributed by atoms with van der Waals surface area (Å²) in [6.45, 7) is 2.23. The fourth-order valence-electron chi connectivity index (χ4n) is 2.96. The molecule has 0 spiro atoms. The van der Waals surface area contributed by atoms with Gasteiger partial charge >= 0.3 is 5.69 Å². The summed E-state index contributed by atoms with van der Waals surface area (Å²) < 4.78 is 2.84. The molecule has 2 aromatic heterocycles. The van der Waals surface area contributed by atoms with Crippen LogP contribution in [0.15, 0.2) is 47.3 Å². The van der Waals surface area contributed by atoms with Crippen LogP contribution in [0.1, 0.15) is 16.7 Å². The number of nitrogen functional groups attached to an aromatic ring is 1. The van der Waals surface area contributed by atoms with E-state index in [2.05, 4.69) is 10.1 Å². The zero-order chi connectivity index (χ0) is 17.6. The van der Waals surface area contributed by atoms with Gasteiger partial charge in [0.05, 0.1) is 24.2 Å². The van der Waals surface area contributed by atoms with E-state index in [0.29, 0.717) is 28.8 Å². The molecule has 7 nitrogen and oxygen atoms in total. The Morgan fingerprint density at radius 3 is 2.76 bits per heavy atom. The quantitative estimate of drug-likeness (QED) is 0.591. The Labute approximate surface area is 143 Å². The summed E-state index contributed by atoms with van der Waals surface area (Å²) in [6, 6.07) is 13.1. The predicted octanol–water partition coefficient (Wildman–Crippen LogP) is 1.48. The molecule has 25 heavy (non-hydrogen) atoms. The van der Waals surface area contributed by atoms with Gasteiger partial charge in [0.15, 0.2) is 5.82 Å². The zero-order valence-electron chi connectivity index (χ0n) is 13.7. The van der Waals surface area contributed by atoms with Crippen LogP contribution < -0.4 is 11.4 Å². The Hall–Kier alpha value is -3.19. The lowest BCUT2D eigenvalue weighted by Crippen LogP contribution is -2.22. The fourth-order valence-corrected chi connectivity index (χ4v) is 2.96. The van der Waals surface area contributed by atoms with Crippen molar-refractivity contribution in [3.05, 3.63) is 69.6 Å². The number of anilines is 1. The van der Waals surface area contributed by atoms with Crippen LogP contribution in [0.4, 0.5) is 5.82 Å². The number of aromatic nitrogens is 4. The van der Waals surface area contributed by atoms with E-state index in [1.54, 1.807) is 18.2 Å². The molecular formula is C18H17N5O2. The molecule has 0 aliphatic carbocycles. The highest BCUT2D eigenvalue weighted by atomic mass is 16.3. The molecule has 0 saturated heterocycles. The van der Waals surface area contributed by atoms with E-state index in [1.807, 2.05) is 31.2 Å². The minimum Gasteiger partial charge on any atom is -0.392 e. The number of hydrogen-bond acceptors (Lipinski definition) is 5. The highest BCUT2D eigenvalue weighted by molar-refractivity contribution is 5.82. The third-order valence-corrected chi connectivity index (χ3v) is 4.35. The number of hydrogen-bond donors (Lipinski definition) is 2. The molecule has 3 N–H and O–H groups in total. The minimum absolute atomic E-state index is 0.117. The van der Waals surface area contributed by atoms with Crippen LogP contribution in [-0.2, 0) is 13.2 Å². The number of rotatable bonds is 3. The van der Waals surface area contributed by atoms with E-state index >= 15 is 0 Å². The molecule has 126 valence electrons. The summed E-state index contributed by atoms with van der Waals surface area (Å²) in [5.74, 6) is 0.199. The first kappa shape index (κ1) is 15.3. The number of aliphatic hydroxyl groups excluding tert-OH is 1. The normalized spacial score (nSPS) is 11.4. The number of aryl methyl sites for hydroxylation is 1. The number of fused-ring (bicyclic) bond motifs is 3. The van der Waals surface area contributed by atoms with Crippen molar-refractivity contribution in [1.82, 2.24) is 19.2 Å². The molecule has 2 heterocycles. The molecule has 0 aliphatic heterocycles. The zero-order valence-corrected chi connectivity index (χ0v) is 13.7. The van der Waals surface area contributed by atoms with Gasteiger partial charge in [-0.3, -0.25) is 0 Å². The average molecular weight is 335 g/mol. The Kier molecular flexibility index (Phi) is 3.51. The van der Waals surface area contributed by atoms with Crippen LogP contribution in [0.3, 0.4) is 0 Å². The monoisotopic (exact) mass is 335 g/mol. The molecule has 0 amide bonds. The van der Waals surface area contributed by atoms with Gasteiger partial charge in [-0.05, 0) is 35.7 Å². The van der Waals surface area contributed by atoms with Gasteiger partial charge in [-0.25, -0.2) is 18.9 Å². The molecule has 0 unspecified atom stereocenters. The maximum absolute atomic E-state index is 12.9. The van der Waals surface area contributed by atoms with Crippen molar-refractivity contribution >= 4 is 22.5 Å². The molecule has 4 rings (SSSR count). The van der Waals surface area contributed by atoms with Gasteiger partial charge in [0.1, 0.15) is 0 Å². The Balaban J connectivity index is 1.98. The summed E-state index contributed by atoms with van der Waals surface area (Å²) >= 11 is 0. The topological polar surface area (TPSA) is 98.4 Å². The molecule has 4 aromatic rings. The van der Waals surface area contributed by atoms with Gasteiger partial charge in [-0.1, -0.05) is 30.3 Å². The van der Waals surface area contributed by atoms with Gasteiger partial charge in [0.25, 0.3) is 0 Å². The first-order chi connectivity index (χ1) is 12.1. The minimum atomic E-state index is -0.285. The maximum atomic E-state index is 12.9. The Morgan fingerprint density at radius 2 is 2.00 bits per heavy atom. The van der Waals surface area contributed by atoms with Gasteiger partial charge < -0.3 is 10.8 Å². The lowest BCUT2D eigenvalue weighted by Gasteiger charge is -2.04. The first-order valence-electron chi connectivity index (χ1n) is 7.91. The van der Waals surface area contributed by atoms with Crippen molar-refractivity contribution in [2.24, 2.45) is 0 Å². The molecule has 0 radical (unpaired) electrons. The van der Waals surface area contributed by atoms with Gasteiger partial charge in [0.2, 0.25) is 5.65 Å². The number of aliphatic hydroxyl groups is 1. The summed E-state index contributed by atoms with van der Waals surface area (Å²) in [6.07, 6.45) is 0. The van der Waals surface area contributed by atoms with Crippen LogP contribution in [0.5, 0.6) is 0 Å². The van der Waals surface area contributed by atoms with Crippen LogP contribution in [0.2, 0.25) is 0 Å². The second-order valence-corrected chi connectivity index (χ2v) is 6.00. The molecule has 2 aromatic carbocycles. The second kappa shape index (κ2) is 5.71. The van der Waals surface area contributed by atoms with Crippen molar-refractivity contribution in [3.8, 4) is 0 Å². The Morgan fingerprint density at radius 1 is 1.20 bits per heavy atom. The van der Waals surface area contributed by atoms with Crippen molar-refractivity contribution < 1.29 is 5.11 Å². The van der Waals surface area contributed by atoms with Crippen LogP contribution >= 0.6 is 0 Å². The highest BCUT2D eigenvalue weighted by Crippen LogP contribution is 2.19. The van der Waals surface area contributed by atoms with Gasteiger partial charge in [0, 0.05) is 0 Å². The second-order valence-electron chi connectivity index (χ2n) is 6.00. The van der Waals surface area contributed by atoms with Gasteiger partial charge in [-0.2, -0.15) is 0 Å². The van der Waals surface area contributed by atoms with Crippen LogP contribution in [0.25, 0.3) is 16.7 Å². The standard InChI is InChI=1S/C18H17N5O2/c1-11-4-2-3-5-13(11)9-22-18(25)23-15-8-12(10-24)6-7-14(15)20-16(19)17(23)21-22/h2-8,24H,9-10H2,1H3,(H2,19,20). The number of benzene rings is 2. The lowest BCUT2D eigenvalue weighted by molar-refractivity contribution is 0.282. The van der Waals surface area contributed by atoms with E-state index in [4.69, 9.17) is 5.73 Å². The SMILES string of the molecule is Cc1ccccc1Cn1nc2c(N)nc3ccc(CO)cc3n2c1=O. The van der Waals surface area contributed by atoms with E-state index in [-0.39, 0.29) is 18.1 Å². The van der Waals surface area contributed by atoms with Crippen molar-refractivity contribution in [2.45, 2.75) is 20.1 Å². The number of nitrogens with two attached hydrogens (primary N) is 1. The van der Waals surface area contributed by atoms with Crippen LogP contribution in [-0.4, -0.2) is 24.3 Å². The highest BCUT2D eigenvalue weighted by Gasteiger charge is 2.15. The lowest BCUT2D eigenvalue weighted by atomic mass is 10.1. The summed E-state index contributed by atoms with van der Waals surface area (Å²) in [5.41, 5.74) is 10.00. The maximum Gasteiger partial charge on any atom is 0.351 e. The summed E-state index contributed by atoms with van der Waals surface area (Å²) in [7, 11) is 0. The van der Waals surface area contributed by atoms with E-state index < -0.39 is 0 Å². The van der Waals surface area contributed by atoms with Crippen molar-refractivity contribution in [2.75, 3.05) is 5.73 Å². The molecule has 0 bridgehead atoms. The molecular weight excluding hydrogens is 318 g/mol. The summed E-state index contributed by atoms with van der Waals surface area (Å²) in [4.78, 5) is 17.2. The average Bonchev–Trinajstić information content (AvgIpc) is 2.94. The molecule has 0 fully saturated rings. The van der Waals surface area contributed by atoms with Crippen molar-refractivity contribution in [3.63, 3.8) is 0 Å². The summed E-state index contributed by atoms with van der Waals surface area (Å²) in [5, 5.41) is 13.7. The van der Waals surface area contributed by atoms with Crippen molar-refractivity contribution in [1.29, 1.82) is 0 Å². The molecule has 0 aliphatic rings.